The zero-order valence-electron chi connectivity index (χ0n) is 11.2. The summed E-state index contributed by atoms with van der Waals surface area (Å²) in [5, 5.41) is 3.62. The smallest absolute Gasteiger partial charge is 0.119 e. The lowest BCUT2D eigenvalue weighted by Crippen LogP contribution is -2.31. The van der Waals surface area contributed by atoms with Crippen molar-refractivity contribution in [3.8, 4) is 5.75 Å². The fraction of sp³-hybridized carbons (Fsp3) is 0.600. The lowest BCUT2D eigenvalue weighted by molar-refractivity contribution is 0.413. The summed E-state index contributed by atoms with van der Waals surface area (Å²) in [6.07, 6.45) is 5.12. The van der Waals surface area contributed by atoms with E-state index in [1.54, 1.807) is 7.11 Å². The maximum atomic E-state index is 5.29. The van der Waals surface area contributed by atoms with E-state index in [2.05, 4.69) is 40.3 Å². The summed E-state index contributed by atoms with van der Waals surface area (Å²) in [6.45, 7) is 3.26. The predicted molar refractivity (Wildman–Crippen MR) is 79.2 cm³/mol. The van der Waals surface area contributed by atoms with Gasteiger partial charge in [-0.15, -0.1) is 0 Å². The van der Waals surface area contributed by atoms with Crippen molar-refractivity contribution in [2.45, 2.75) is 38.6 Å². The first kappa shape index (κ1) is 13.9. The molecule has 0 saturated heterocycles. The van der Waals surface area contributed by atoms with Crippen LogP contribution in [0.25, 0.3) is 0 Å². The van der Waals surface area contributed by atoms with Crippen LogP contribution < -0.4 is 10.1 Å². The van der Waals surface area contributed by atoms with Gasteiger partial charge in [0.25, 0.3) is 0 Å². The Morgan fingerprint density at radius 2 is 2.22 bits per heavy atom. The topological polar surface area (TPSA) is 21.3 Å². The minimum absolute atomic E-state index is 0.688. The zero-order chi connectivity index (χ0) is 13.0. The molecule has 1 atom stereocenters. The predicted octanol–water partition coefficient (Wildman–Crippen LogP) is 3.78. The molecule has 2 nitrogen and oxygen atoms in total. The second-order valence-electron chi connectivity index (χ2n) is 5.00. The van der Waals surface area contributed by atoms with Gasteiger partial charge in [-0.3, -0.25) is 0 Å². The van der Waals surface area contributed by atoms with Crippen molar-refractivity contribution < 1.29 is 4.74 Å². The Hall–Kier alpha value is -0.540. The van der Waals surface area contributed by atoms with E-state index in [1.165, 1.54) is 29.3 Å². The first-order chi connectivity index (χ1) is 8.74. The van der Waals surface area contributed by atoms with Crippen molar-refractivity contribution in [3.63, 3.8) is 0 Å². The number of rotatable bonds is 7. The van der Waals surface area contributed by atoms with Crippen LogP contribution in [0.1, 0.15) is 31.7 Å². The van der Waals surface area contributed by atoms with E-state index in [-0.39, 0.29) is 0 Å². The van der Waals surface area contributed by atoms with Gasteiger partial charge in [0, 0.05) is 10.5 Å². The molecule has 18 heavy (non-hydrogen) atoms. The molecule has 1 N–H and O–H groups in total. The third-order valence-corrected chi connectivity index (χ3v) is 4.41. The molecule has 1 aromatic carbocycles. The van der Waals surface area contributed by atoms with Crippen LogP contribution >= 0.6 is 15.9 Å². The normalized spacial score (nSPS) is 16.6. The summed E-state index contributed by atoms with van der Waals surface area (Å²) in [6, 6.07) is 6.90. The first-order valence-electron chi connectivity index (χ1n) is 6.80. The van der Waals surface area contributed by atoms with E-state index in [0.717, 1.165) is 24.6 Å². The van der Waals surface area contributed by atoms with Crippen molar-refractivity contribution in [3.05, 3.63) is 28.2 Å². The number of aryl methyl sites for hydroxylation is 1. The quantitative estimate of drug-likeness (QED) is 0.827. The van der Waals surface area contributed by atoms with Gasteiger partial charge in [-0.1, -0.05) is 22.9 Å². The minimum Gasteiger partial charge on any atom is -0.497 e. The van der Waals surface area contributed by atoms with Gasteiger partial charge in [0.1, 0.15) is 5.75 Å². The Morgan fingerprint density at radius 1 is 1.44 bits per heavy atom. The van der Waals surface area contributed by atoms with Crippen molar-refractivity contribution in [2.24, 2.45) is 5.92 Å². The molecule has 0 amide bonds. The Balaban J connectivity index is 1.95. The molecule has 1 aliphatic rings. The molecule has 1 aliphatic carbocycles. The standard InChI is InChI=1S/C15H22BrNO/c1-3-17-15(11-4-5-11)9-6-12-10-13(18-2)7-8-14(12)16/h7-8,10-11,15,17H,3-6,9H2,1-2H3. The van der Waals surface area contributed by atoms with E-state index in [0.29, 0.717) is 6.04 Å². The van der Waals surface area contributed by atoms with Crippen molar-refractivity contribution in [1.82, 2.24) is 5.32 Å². The van der Waals surface area contributed by atoms with E-state index < -0.39 is 0 Å². The summed E-state index contributed by atoms with van der Waals surface area (Å²) in [5.74, 6) is 1.86. The number of benzene rings is 1. The number of hydrogen-bond acceptors (Lipinski definition) is 2. The molecular weight excluding hydrogens is 290 g/mol. The van der Waals surface area contributed by atoms with Gasteiger partial charge < -0.3 is 10.1 Å². The van der Waals surface area contributed by atoms with Crippen LogP contribution in [0.2, 0.25) is 0 Å². The molecule has 2 rings (SSSR count). The molecule has 1 aromatic rings. The summed E-state index contributed by atoms with van der Waals surface area (Å²) in [4.78, 5) is 0. The maximum Gasteiger partial charge on any atom is 0.119 e. The summed E-state index contributed by atoms with van der Waals surface area (Å²) >= 11 is 3.63. The first-order valence-corrected chi connectivity index (χ1v) is 7.59. The Labute approximate surface area is 118 Å². The van der Waals surface area contributed by atoms with Crippen molar-refractivity contribution >= 4 is 15.9 Å². The minimum atomic E-state index is 0.688. The third kappa shape index (κ3) is 3.72. The number of halogens is 1. The fourth-order valence-corrected chi connectivity index (χ4v) is 2.89. The third-order valence-electron chi connectivity index (χ3n) is 3.63. The average Bonchev–Trinajstić information content (AvgIpc) is 3.20. The van der Waals surface area contributed by atoms with Crippen LogP contribution in [0.4, 0.5) is 0 Å². The molecule has 0 spiro atoms. The lowest BCUT2D eigenvalue weighted by atomic mass is 10.0. The Kier molecular flexibility index (Phi) is 5.07. The highest BCUT2D eigenvalue weighted by molar-refractivity contribution is 9.10. The molecule has 0 bridgehead atoms. The SMILES string of the molecule is CCNC(CCc1cc(OC)ccc1Br)C1CC1. The van der Waals surface area contributed by atoms with Crippen LogP contribution in [0.15, 0.2) is 22.7 Å². The molecular formula is C15H22BrNO. The summed E-state index contributed by atoms with van der Waals surface area (Å²) in [7, 11) is 1.72. The number of hydrogen-bond donors (Lipinski definition) is 1. The van der Waals surface area contributed by atoms with Crippen LogP contribution in [-0.2, 0) is 6.42 Å². The molecule has 1 fully saturated rings. The Morgan fingerprint density at radius 3 is 2.83 bits per heavy atom. The van der Waals surface area contributed by atoms with Crippen LogP contribution in [-0.4, -0.2) is 19.7 Å². The van der Waals surface area contributed by atoms with Gasteiger partial charge in [0.05, 0.1) is 7.11 Å². The lowest BCUT2D eigenvalue weighted by Gasteiger charge is -2.17. The van der Waals surface area contributed by atoms with Gasteiger partial charge in [-0.05, 0) is 61.9 Å². The number of nitrogens with one attached hydrogen (secondary N) is 1. The van der Waals surface area contributed by atoms with Crippen LogP contribution in [0, 0.1) is 5.92 Å². The molecule has 0 radical (unpaired) electrons. The van der Waals surface area contributed by atoms with E-state index >= 15 is 0 Å². The molecule has 1 unspecified atom stereocenters. The van der Waals surface area contributed by atoms with Gasteiger partial charge >= 0.3 is 0 Å². The van der Waals surface area contributed by atoms with Crippen molar-refractivity contribution in [1.29, 1.82) is 0 Å². The molecule has 100 valence electrons. The number of ether oxygens (including phenoxy) is 1. The highest BCUT2D eigenvalue weighted by Crippen LogP contribution is 2.35. The van der Waals surface area contributed by atoms with Crippen LogP contribution in [0.3, 0.4) is 0 Å². The largest absolute Gasteiger partial charge is 0.497 e. The molecule has 3 heteroatoms. The van der Waals surface area contributed by atoms with E-state index in [4.69, 9.17) is 4.74 Å². The van der Waals surface area contributed by atoms with Crippen LogP contribution in [0.5, 0.6) is 5.75 Å². The van der Waals surface area contributed by atoms with E-state index in [1.807, 2.05) is 6.07 Å². The second-order valence-corrected chi connectivity index (χ2v) is 5.85. The molecule has 0 aromatic heterocycles. The molecule has 1 saturated carbocycles. The van der Waals surface area contributed by atoms with Gasteiger partial charge in [-0.2, -0.15) is 0 Å². The summed E-state index contributed by atoms with van der Waals surface area (Å²) in [5.41, 5.74) is 1.35. The summed E-state index contributed by atoms with van der Waals surface area (Å²) < 4.78 is 6.48. The Bertz CT molecular complexity index is 390. The molecule has 0 heterocycles. The highest BCUT2D eigenvalue weighted by atomic mass is 79.9. The molecule has 0 aliphatic heterocycles. The zero-order valence-corrected chi connectivity index (χ0v) is 12.8. The van der Waals surface area contributed by atoms with Crippen molar-refractivity contribution in [2.75, 3.05) is 13.7 Å². The van der Waals surface area contributed by atoms with E-state index in [9.17, 15) is 0 Å². The monoisotopic (exact) mass is 311 g/mol. The highest BCUT2D eigenvalue weighted by Gasteiger charge is 2.30. The van der Waals surface area contributed by atoms with Gasteiger partial charge in [0.15, 0.2) is 0 Å². The fourth-order valence-electron chi connectivity index (χ4n) is 2.45. The van der Waals surface area contributed by atoms with Gasteiger partial charge in [-0.25, -0.2) is 0 Å². The second kappa shape index (κ2) is 6.58. The van der Waals surface area contributed by atoms with Gasteiger partial charge in [0.2, 0.25) is 0 Å². The maximum absolute atomic E-state index is 5.29. The number of methoxy groups -OCH3 is 1. The average molecular weight is 312 g/mol.